The zero-order valence-electron chi connectivity index (χ0n) is 10.7. The molecule has 2 heterocycles. The molecule has 5 heteroatoms. The summed E-state index contributed by atoms with van der Waals surface area (Å²) >= 11 is 9.49. The molecular weight excluding hydrogens is 338 g/mol. The molecule has 0 bridgehead atoms. The molecule has 3 rings (SSSR count). The van der Waals surface area contributed by atoms with Crippen molar-refractivity contribution < 1.29 is 0 Å². The van der Waals surface area contributed by atoms with Crippen molar-refractivity contribution in [3.63, 3.8) is 0 Å². The lowest BCUT2D eigenvalue weighted by Gasteiger charge is -2.05. The summed E-state index contributed by atoms with van der Waals surface area (Å²) in [6.07, 6.45) is 3.88. The number of hydrogen-bond acceptors (Lipinski definition) is 2. The van der Waals surface area contributed by atoms with Gasteiger partial charge in [-0.1, -0.05) is 17.7 Å². The number of pyridine rings is 1. The fourth-order valence-corrected chi connectivity index (χ4v) is 2.71. The van der Waals surface area contributed by atoms with Gasteiger partial charge in [-0.05, 0) is 45.8 Å². The van der Waals surface area contributed by atoms with E-state index in [4.69, 9.17) is 17.3 Å². The Balaban J connectivity index is 2.06. The Hall–Kier alpha value is -1.36. The lowest BCUT2D eigenvalue weighted by Crippen LogP contribution is -2.00. The maximum absolute atomic E-state index is 6.10. The summed E-state index contributed by atoms with van der Waals surface area (Å²) in [7, 11) is 0. The maximum Gasteiger partial charge on any atom is 0.0648 e. The predicted octanol–water partition coefficient (Wildman–Crippen LogP) is 3.96. The first-order valence-electron chi connectivity index (χ1n) is 6.25. The Kier molecular flexibility index (Phi) is 3.78. The molecule has 102 valence electrons. The normalized spacial score (nSPS) is 11.2. The van der Waals surface area contributed by atoms with Crippen LogP contribution in [0.5, 0.6) is 0 Å². The molecule has 0 amide bonds. The molecule has 0 spiro atoms. The average Bonchev–Trinajstić information content (AvgIpc) is 2.79. The van der Waals surface area contributed by atoms with Crippen molar-refractivity contribution in [3.05, 3.63) is 63.5 Å². The zero-order valence-corrected chi connectivity index (χ0v) is 13.0. The minimum atomic E-state index is 0.513. The Labute approximate surface area is 130 Å². The SMILES string of the molecule is NCc1cn(Cc2ccc(Br)cn2)c2cc(Cl)ccc12. The first kappa shape index (κ1) is 13.6. The minimum Gasteiger partial charge on any atom is -0.341 e. The molecule has 1 aromatic carbocycles. The Bertz CT molecular complexity index is 750. The van der Waals surface area contributed by atoms with Gasteiger partial charge in [0, 0.05) is 33.8 Å². The molecule has 0 unspecified atom stereocenters. The molecule has 2 N–H and O–H groups in total. The molecule has 0 atom stereocenters. The van der Waals surface area contributed by atoms with Gasteiger partial charge in [0.25, 0.3) is 0 Å². The van der Waals surface area contributed by atoms with Crippen LogP contribution in [0, 0.1) is 0 Å². The van der Waals surface area contributed by atoms with E-state index in [1.165, 1.54) is 0 Å². The summed E-state index contributed by atoms with van der Waals surface area (Å²) in [4.78, 5) is 4.41. The van der Waals surface area contributed by atoms with E-state index in [-0.39, 0.29) is 0 Å². The molecular formula is C15H13BrClN3. The molecule has 0 aliphatic heterocycles. The number of aromatic nitrogens is 2. The van der Waals surface area contributed by atoms with Crippen LogP contribution in [0.4, 0.5) is 0 Å². The summed E-state index contributed by atoms with van der Waals surface area (Å²) in [6.45, 7) is 1.21. The highest BCUT2D eigenvalue weighted by Gasteiger charge is 2.08. The van der Waals surface area contributed by atoms with E-state index in [0.29, 0.717) is 13.1 Å². The van der Waals surface area contributed by atoms with Crippen molar-refractivity contribution >= 4 is 38.4 Å². The van der Waals surface area contributed by atoms with Crippen molar-refractivity contribution in [2.75, 3.05) is 0 Å². The summed E-state index contributed by atoms with van der Waals surface area (Å²) in [6, 6.07) is 9.87. The number of hydrogen-bond donors (Lipinski definition) is 1. The van der Waals surface area contributed by atoms with Crippen molar-refractivity contribution in [1.29, 1.82) is 0 Å². The Morgan fingerprint density at radius 3 is 2.80 bits per heavy atom. The van der Waals surface area contributed by atoms with E-state index < -0.39 is 0 Å². The fraction of sp³-hybridized carbons (Fsp3) is 0.133. The van der Waals surface area contributed by atoms with Crippen LogP contribution in [0.1, 0.15) is 11.3 Å². The van der Waals surface area contributed by atoms with Crippen molar-refractivity contribution in [3.8, 4) is 0 Å². The number of benzene rings is 1. The maximum atomic E-state index is 6.10. The third-order valence-corrected chi connectivity index (χ3v) is 3.97. The Morgan fingerprint density at radius 1 is 1.25 bits per heavy atom. The number of nitrogens with zero attached hydrogens (tertiary/aromatic N) is 2. The van der Waals surface area contributed by atoms with Crippen LogP contribution < -0.4 is 5.73 Å². The third-order valence-electron chi connectivity index (χ3n) is 3.27. The monoisotopic (exact) mass is 349 g/mol. The van der Waals surface area contributed by atoms with Gasteiger partial charge in [-0.3, -0.25) is 4.98 Å². The molecule has 0 saturated heterocycles. The molecule has 0 saturated carbocycles. The number of nitrogens with two attached hydrogens (primary N) is 1. The molecule has 3 aromatic rings. The van der Waals surface area contributed by atoms with Crippen LogP contribution in [0.3, 0.4) is 0 Å². The average molecular weight is 351 g/mol. The van der Waals surface area contributed by atoms with Crippen molar-refractivity contribution in [2.45, 2.75) is 13.1 Å². The van der Waals surface area contributed by atoms with Crippen LogP contribution in [0.2, 0.25) is 5.02 Å². The van der Waals surface area contributed by atoms with Gasteiger partial charge in [0.2, 0.25) is 0 Å². The quantitative estimate of drug-likeness (QED) is 0.777. The minimum absolute atomic E-state index is 0.513. The molecule has 0 aliphatic carbocycles. The van der Waals surface area contributed by atoms with Gasteiger partial charge >= 0.3 is 0 Å². The molecule has 2 aromatic heterocycles. The summed E-state index contributed by atoms with van der Waals surface area (Å²) in [5.41, 5.74) is 9.01. The largest absolute Gasteiger partial charge is 0.341 e. The second-order valence-corrected chi connectivity index (χ2v) is 5.97. The highest BCUT2D eigenvalue weighted by molar-refractivity contribution is 9.10. The topological polar surface area (TPSA) is 43.8 Å². The van der Waals surface area contributed by atoms with Gasteiger partial charge in [-0.15, -0.1) is 0 Å². The van der Waals surface area contributed by atoms with Gasteiger partial charge in [-0.25, -0.2) is 0 Å². The predicted molar refractivity (Wildman–Crippen MR) is 85.9 cm³/mol. The highest BCUT2D eigenvalue weighted by atomic mass is 79.9. The van der Waals surface area contributed by atoms with Gasteiger partial charge in [0.05, 0.1) is 17.8 Å². The first-order chi connectivity index (χ1) is 9.67. The zero-order chi connectivity index (χ0) is 14.1. The van der Waals surface area contributed by atoms with Crippen LogP contribution in [0.15, 0.2) is 47.2 Å². The summed E-state index contributed by atoms with van der Waals surface area (Å²) < 4.78 is 3.11. The Morgan fingerprint density at radius 2 is 2.10 bits per heavy atom. The van der Waals surface area contributed by atoms with Crippen LogP contribution >= 0.6 is 27.5 Å². The lowest BCUT2D eigenvalue weighted by molar-refractivity contribution is 0.801. The van der Waals surface area contributed by atoms with E-state index in [2.05, 4.69) is 31.7 Å². The van der Waals surface area contributed by atoms with Crippen LogP contribution in [-0.4, -0.2) is 9.55 Å². The second-order valence-electron chi connectivity index (χ2n) is 4.62. The van der Waals surface area contributed by atoms with Crippen LogP contribution in [0.25, 0.3) is 10.9 Å². The van der Waals surface area contributed by atoms with E-state index >= 15 is 0 Å². The smallest absolute Gasteiger partial charge is 0.0648 e. The number of rotatable bonds is 3. The van der Waals surface area contributed by atoms with Crippen LogP contribution in [-0.2, 0) is 13.1 Å². The van der Waals surface area contributed by atoms with E-state index in [0.717, 1.165) is 31.7 Å². The van der Waals surface area contributed by atoms with Gasteiger partial charge in [0.1, 0.15) is 0 Å². The first-order valence-corrected chi connectivity index (χ1v) is 7.42. The van der Waals surface area contributed by atoms with Gasteiger partial charge in [0.15, 0.2) is 0 Å². The molecule has 0 fully saturated rings. The second kappa shape index (κ2) is 5.56. The van der Waals surface area contributed by atoms with Gasteiger partial charge < -0.3 is 10.3 Å². The highest BCUT2D eigenvalue weighted by Crippen LogP contribution is 2.25. The van der Waals surface area contributed by atoms with Gasteiger partial charge in [-0.2, -0.15) is 0 Å². The summed E-state index contributed by atoms with van der Waals surface area (Å²) in [5.74, 6) is 0. The van der Waals surface area contributed by atoms with E-state index in [9.17, 15) is 0 Å². The summed E-state index contributed by atoms with van der Waals surface area (Å²) in [5, 5.41) is 1.87. The molecule has 3 nitrogen and oxygen atoms in total. The molecule has 0 aliphatic rings. The van der Waals surface area contributed by atoms with Crippen molar-refractivity contribution in [2.24, 2.45) is 5.73 Å². The van der Waals surface area contributed by atoms with E-state index in [1.54, 1.807) is 6.20 Å². The standard InChI is InChI=1S/C15H13BrClN3/c16-11-1-3-13(19-7-11)9-20-8-10(6-18)14-4-2-12(17)5-15(14)20/h1-5,7-8H,6,9,18H2. The molecule has 20 heavy (non-hydrogen) atoms. The molecule has 0 radical (unpaired) electrons. The van der Waals surface area contributed by atoms with Crippen molar-refractivity contribution in [1.82, 2.24) is 9.55 Å². The third kappa shape index (κ3) is 2.59. The number of fused-ring (bicyclic) bond motifs is 1. The number of halogens is 2. The fourth-order valence-electron chi connectivity index (χ4n) is 2.31. The van der Waals surface area contributed by atoms with E-state index in [1.807, 2.05) is 30.3 Å². The lowest BCUT2D eigenvalue weighted by atomic mass is 10.2.